The van der Waals surface area contributed by atoms with E-state index >= 15 is 0 Å². The molecule has 0 aromatic heterocycles. The van der Waals surface area contributed by atoms with Gasteiger partial charge in [-0.05, 0) is 55.5 Å². The molecule has 5 nitrogen and oxygen atoms in total. The average Bonchev–Trinajstić information content (AvgIpc) is 3.01. The number of ether oxygens (including phenoxy) is 1. The number of benzene rings is 3. The minimum Gasteiger partial charge on any atom is -0.495 e. The van der Waals surface area contributed by atoms with Gasteiger partial charge in [-0.2, -0.15) is 0 Å². The number of anilines is 2. The summed E-state index contributed by atoms with van der Waals surface area (Å²) in [6.07, 6.45) is 0. The van der Waals surface area contributed by atoms with Gasteiger partial charge in [0.05, 0.1) is 22.8 Å². The summed E-state index contributed by atoms with van der Waals surface area (Å²) in [6.45, 7) is 1.97. The molecule has 1 aliphatic heterocycles. The molecular weight excluding hydrogens is 503 g/mol. The Bertz CT molecular complexity index is 1290. The Morgan fingerprint density at radius 2 is 1.61 bits per heavy atom. The molecule has 0 spiro atoms. The minimum absolute atomic E-state index is 0.117. The van der Waals surface area contributed by atoms with E-state index in [0.717, 1.165) is 15.4 Å². The molecule has 1 N–H and O–H groups in total. The normalized spacial score (nSPS) is 13.7. The highest BCUT2D eigenvalue weighted by Gasteiger charge is 2.41. The van der Waals surface area contributed by atoms with Crippen molar-refractivity contribution in [2.24, 2.45) is 0 Å². The second-order valence-corrected chi connectivity index (χ2v) is 9.47. The first-order chi connectivity index (χ1) is 15.8. The maximum Gasteiger partial charge on any atom is 0.283 e. The topological polar surface area (TPSA) is 58.6 Å². The zero-order valence-electron chi connectivity index (χ0n) is 17.5. The van der Waals surface area contributed by atoms with Crippen LogP contribution in [0.25, 0.3) is 0 Å². The molecule has 0 saturated heterocycles. The van der Waals surface area contributed by atoms with Crippen molar-refractivity contribution in [3.63, 3.8) is 0 Å². The van der Waals surface area contributed by atoms with Gasteiger partial charge in [-0.3, -0.25) is 9.59 Å². The van der Waals surface area contributed by atoms with Gasteiger partial charge in [0.25, 0.3) is 11.8 Å². The van der Waals surface area contributed by atoms with Crippen LogP contribution >= 0.6 is 46.6 Å². The van der Waals surface area contributed by atoms with Crippen LogP contribution in [0.5, 0.6) is 5.75 Å². The summed E-state index contributed by atoms with van der Waals surface area (Å²) in [5, 5.41) is 4.12. The highest BCUT2D eigenvalue weighted by atomic mass is 35.5. The number of rotatable bonds is 6. The van der Waals surface area contributed by atoms with Crippen LogP contribution in [-0.4, -0.2) is 18.9 Å². The average molecular weight is 520 g/mol. The van der Waals surface area contributed by atoms with E-state index in [1.54, 1.807) is 30.3 Å². The number of carbonyl (C=O) groups is 2. The van der Waals surface area contributed by atoms with Gasteiger partial charge in [0.2, 0.25) is 0 Å². The molecule has 4 rings (SSSR count). The van der Waals surface area contributed by atoms with Crippen molar-refractivity contribution in [2.75, 3.05) is 17.3 Å². The van der Waals surface area contributed by atoms with Crippen LogP contribution in [0.2, 0.25) is 15.1 Å². The molecule has 168 valence electrons. The number of nitrogens with zero attached hydrogens (tertiary/aromatic N) is 1. The summed E-state index contributed by atoms with van der Waals surface area (Å²) in [5.41, 5.74) is 1.98. The van der Waals surface area contributed by atoms with Crippen molar-refractivity contribution in [3.05, 3.63) is 91.9 Å². The van der Waals surface area contributed by atoms with E-state index in [1.807, 2.05) is 31.2 Å². The number of thioether (sulfide) groups is 1. The molecule has 1 aliphatic rings. The van der Waals surface area contributed by atoms with E-state index in [9.17, 15) is 9.59 Å². The monoisotopic (exact) mass is 518 g/mol. The maximum atomic E-state index is 13.5. The third kappa shape index (κ3) is 4.84. The predicted octanol–water partition coefficient (Wildman–Crippen LogP) is 6.95. The highest BCUT2D eigenvalue weighted by Crippen LogP contribution is 2.41. The van der Waals surface area contributed by atoms with Gasteiger partial charge >= 0.3 is 0 Å². The van der Waals surface area contributed by atoms with Crippen LogP contribution in [0.4, 0.5) is 11.4 Å². The van der Waals surface area contributed by atoms with Gasteiger partial charge in [-0.15, -0.1) is 0 Å². The SMILES string of the molecule is COc1ccc(Cl)cc1N1C(=O)C(Nc2ccc(Cl)c(Cl)c2)=C(Sc2ccc(C)cc2)C1=O. The fourth-order valence-electron chi connectivity index (χ4n) is 3.21. The molecule has 0 unspecified atom stereocenters. The largest absolute Gasteiger partial charge is 0.495 e. The third-order valence-electron chi connectivity index (χ3n) is 4.85. The Morgan fingerprint density at radius 1 is 0.879 bits per heavy atom. The molecule has 33 heavy (non-hydrogen) atoms. The fourth-order valence-corrected chi connectivity index (χ4v) is 4.60. The van der Waals surface area contributed by atoms with Gasteiger partial charge in [0.1, 0.15) is 16.4 Å². The molecule has 0 aliphatic carbocycles. The van der Waals surface area contributed by atoms with Gasteiger partial charge < -0.3 is 10.1 Å². The number of carbonyl (C=O) groups excluding carboxylic acids is 2. The molecule has 0 saturated carbocycles. The quantitative estimate of drug-likeness (QED) is 0.357. The summed E-state index contributed by atoms with van der Waals surface area (Å²) in [7, 11) is 1.46. The fraction of sp³-hybridized carbons (Fsp3) is 0.0833. The van der Waals surface area contributed by atoms with Crippen LogP contribution in [0.3, 0.4) is 0 Å². The number of hydrogen-bond donors (Lipinski definition) is 1. The Kier molecular flexibility index (Phi) is 6.91. The first-order valence-corrected chi connectivity index (χ1v) is 11.7. The molecule has 3 aromatic carbocycles. The van der Waals surface area contributed by atoms with Crippen molar-refractivity contribution in [2.45, 2.75) is 11.8 Å². The van der Waals surface area contributed by atoms with Crippen molar-refractivity contribution in [1.29, 1.82) is 0 Å². The van der Waals surface area contributed by atoms with E-state index in [2.05, 4.69) is 5.32 Å². The van der Waals surface area contributed by atoms with Gasteiger partial charge in [0, 0.05) is 15.6 Å². The number of halogens is 3. The van der Waals surface area contributed by atoms with Crippen LogP contribution in [0, 0.1) is 6.92 Å². The summed E-state index contributed by atoms with van der Waals surface area (Å²) < 4.78 is 5.38. The van der Waals surface area contributed by atoms with Crippen LogP contribution in [0.15, 0.2) is 76.2 Å². The van der Waals surface area contributed by atoms with Crippen molar-refractivity contribution >= 4 is 69.8 Å². The third-order valence-corrected chi connectivity index (χ3v) is 6.92. The zero-order valence-corrected chi connectivity index (χ0v) is 20.6. The van der Waals surface area contributed by atoms with Crippen LogP contribution in [-0.2, 0) is 9.59 Å². The Labute approximate surface area is 210 Å². The lowest BCUT2D eigenvalue weighted by atomic mass is 10.2. The summed E-state index contributed by atoms with van der Waals surface area (Å²) in [4.78, 5) is 29.2. The molecule has 1 heterocycles. The lowest BCUT2D eigenvalue weighted by molar-refractivity contribution is -0.120. The molecule has 2 amide bonds. The van der Waals surface area contributed by atoms with Crippen LogP contribution < -0.4 is 15.0 Å². The molecule has 9 heteroatoms. The minimum atomic E-state index is -0.541. The van der Waals surface area contributed by atoms with Crippen molar-refractivity contribution < 1.29 is 14.3 Å². The predicted molar refractivity (Wildman–Crippen MR) is 135 cm³/mol. The number of hydrogen-bond acceptors (Lipinski definition) is 5. The van der Waals surface area contributed by atoms with Crippen LogP contribution in [0.1, 0.15) is 5.56 Å². The molecule has 0 bridgehead atoms. The van der Waals surface area contributed by atoms with E-state index in [1.165, 1.54) is 24.9 Å². The second-order valence-electron chi connectivity index (χ2n) is 7.14. The number of aryl methyl sites for hydroxylation is 1. The maximum absolute atomic E-state index is 13.5. The Hall–Kier alpha value is -2.64. The lowest BCUT2D eigenvalue weighted by Gasteiger charge is -2.18. The molecular formula is C24H17Cl3N2O3S. The smallest absolute Gasteiger partial charge is 0.283 e. The van der Waals surface area contributed by atoms with Crippen molar-refractivity contribution in [1.82, 2.24) is 0 Å². The van der Waals surface area contributed by atoms with Gasteiger partial charge in [-0.1, -0.05) is 64.3 Å². The molecule has 0 fully saturated rings. The lowest BCUT2D eigenvalue weighted by Crippen LogP contribution is -2.32. The Morgan fingerprint density at radius 3 is 2.27 bits per heavy atom. The molecule has 0 radical (unpaired) electrons. The van der Waals surface area contributed by atoms with Gasteiger partial charge in [0.15, 0.2) is 0 Å². The first kappa shape index (κ1) is 23.5. The van der Waals surface area contributed by atoms with E-state index < -0.39 is 11.8 Å². The van der Waals surface area contributed by atoms with E-state index in [4.69, 9.17) is 39.5 Å². The Balaban J connectivity index is 1.79. The molecule has 3 aromatic rings. The summed E-state index contributed by atoms with van der Waals surface area (Å²) in [5.74, 6) is -0.688. The van der Waals surface area contributed by atoms with Gasteiger partial charge in [-0.25, -0.2) is 4.90 Å². The van der Waals surface area contributed by atoms with Crippen molar-refractivity contribution in [3.8, 4) is 5.75 Å². The number of methoxy groups -OCH3 is 1. The zero-order chi connectivity index (χ0) is 23.7. The van der Waals surface area contributed by atoms with E-state index in [0.29, 0.717) is 26.5 Å². The number of amides is 2. The molecule has 0 atom stereocenters. The van der Waals surface area contributed by atoms with E-state index in [-0.39, 0.29) is 16.3 Å². The second kappa shape index (κ2) is 9.69. The number of nitrogens with one attached hydrogen (secondary N) is 1. The first-order valence-electron chi connectivity index (χ1n) is 9.71. The summed E-state index contributed by atoms with van der Waals surface area (Å²) in [6, 6.07) is 17.3. The number of imide groups is 1. The summed E-state index contributed by atoms with van der Waals surface area (Å²) >= 11 is 19.5. The highest BCUT2D eigenvalue weighted by molar-refractivity contribution is 8.04. The standard InChI is InChI=1S/C24H17Cl3N2O3S/c1-13-3-7-16(8-4-13)33-22-21(28-15-6-9-17(26)18(27)12-15)23(30)29(24(22)31)19-11-14(25)5-10-20(19)32-2/h3-12,28H,1-2H3.